The summed E-state index contributed by atoms with van der Waals surface area (Å²) in [6.45, 7) is 5.33. The predicted molar refractivity (Wildman–Crippen MR) is 93.8 cm³/mol. The summed E-state index contributed by atoms with van der Waals surface area (Å²) in [6, 6.07) is 0. The van der Waals surface area contributed by atoms with Crippen LogP contribution in [0.4, 0.5) is 5.82 Å². The van der Waals surface area contributed by atoms with Crippen molar-refractivity contribution in [1.29, 1.82) is 0 Å². The maximum Gasteiger partial charge on any atom is 0.227 e. The average molecular weight is 343 g/mol. The summed E-state index contributed by atoms with van der Waals surface area (Å²) in [5, 5.41) is 3.93. The fourth-order valence-corrected chi connectivity index (χ4v) is 3.40. The fraction of sp³-hybridized carbons (Fsp3) is 0.556. The Labute approximate surface area is 147 Å². The van der Waals surface area contributed by atoms with E-state index in [1.54, 1.807) is 12.4 Å². The molecule has 0 radical (unpaired) electrons. The van der Waals surface area contributed by atoms with Crippen LogP contribution >= 0.6 is 0 Å². The van der Waals surface area contributed by atoms with Gasteiger partial charge in [0.1, 0.15) is 11.6 Å². The van der Waals surface area contributed by atoms with Gasteiger partial charge in [-0.3, -0.25) is 9.78 Å². The number of nitrogens with two attached hydrogens (primary N) is 1. The Hall–Kier alpha value is -2.44. The molecule has 1 aliphatic heterocycles. The summed E-state index contributed by atoms with van der Waals surface area (Å²) in [5.41, 5.74) is 8.28. The molecule has 0 aromatic carbocycles. The largest absolute Gasteiger partial charge is 0.382 e. The molecule has 3 rings (SSSR count). The third kappa shape index (κ3) is 4.35. The number of hydrogen-bond donors (Lipinski definition) is 1. The smallest absolute Gasteiger partial charge is 0.227 e. The van der Waals surface area contributed by atoms with E-state index >= 15 is 0 Å². The molecule has 1 fully saturated rings. The molecule has 1 unspecified atom stereocenters. The number of nitrogens with zero attached hydrogens (tertiary/aromatic N) is 4. The molecule has 0 aliphatic carbocycles. The van der Waals surface area contributed by atoms with Crippen LogP contribution in [0.25, 0.3) is 0 Å². The van der Waals surface area contributed by atoms with Gasteiger partial charge >= 0.3 is 0 Å². The molecule has 0 bridgehead atoms. The number of nitrogen functional groups attached to an aromatic ring is 1. The van der Waals surface area contributed by atoms with E-state index in [-0.39, 0.29) is 5.91 Å². The predicted octanol–water partition coefficient (Wildman–Crippen LogP) is 2.08. The van der Waals surface area contributed by atoms with Crippen LogP contribution in [0.3, 0.4) is 0 Å². The third-order valence-corrected chi connectivity index (χ3v) is 4.93. The Morgan fingerprint density at radius 2 is 2.12 bits per heavy atom. The maximum atomic E-state index is 12.6. The molecule has 2 aromatic rings. The van der Waals surface area contributed by atoms with Gasteiger partial charge in [0, 0.05) is 18.7 Å². The Balaban J connectivity index is 1.55. The molecule has 134 valence electrons. The zero-order valence-electron chi connectivity index (χ0n) is 14.9. The summed E-state index contributed by atoms with van der Waals surface area (Å²) in [5.74, 6) is 1.86. The molecule has 25 heavy (non-hydrogen) atoms. The monoisotopic (exact) mass is 343 g/mol. The summed E-state index contributed by atoms with van der Waals surface area (Å²) in [6.07, 6.45) is 7.71. The third-order valence-electron chi connectivity index (χ3n) is 4.93. The number of hydrogen-bond acceptors (Lipinski definition) is 6. The van der Waals surface area contributed by atoms with Crippen molar-refractivity contribution in [1.82, 2.24) is 20.0 Å². The highest BCUT2D eigenvalue weighted by Crippen LogP contribution is 2.22. The number of likely N-dealkylation sites (tertiary alicyclic amines) is 1. The highest BCUT2D eigenvalue weighted by molar-refractivity contribution is 5.79. The van der Waals surface area contributed by atoms with Gasteiger partial charge in [0.2, 0.25) is 5.91 Å². The van der Waals surface area contributed by atoms with Crippen molar-refractivity contribution in [2.75, 3.05) is 18.8 Å². The Morgan fingerprint density at radius 1 is 1.28 bits per heavy atom. The second-order valence-corrected chi connectivity index (χ2v) is 6.79. The zero-order valence-corrected chi connectivity index (χ0v) is 14.9. The van der Waals surface area contributed by atoms with Gasteiger partial charge in [-0.05, 0) is 45.4 Å². The van der Waals surface area contributed by atoms with Crippen LogP contribution in [0, 0.1) is 19.8 Å². The topological polar surface area (TPSA) is 98.1 Å². The number of anilines is 1. The molecule has 2 aromatic heterocycles. The number of aromatic nitrogens is 3. The zero-order chi connectivity index (χ0) is 17.8. The van der Waals surface area contributed by atoms with Crippen LogP contribution in [0.5, 0.6) is 0 Å². The minimum Gasteiger partial charge on any atom is -0.382 e. The Bertz CT molecular complexity index is 706. The maximum absolute atomic E-state index is 12.6. The molecule has 7 nitrogen and oxygen atoms in total. The molecule has 0 saturated carbocycles. The first kappa shape index (κ1) is 17.4. The van der Waals surface area contributed by atoms with E-state index in [1.807, 2.05) is 18.7 Å². The van der Waals surface area contributed by atoms with Crippen molar-refractivity contribution < 1.29 is 9.32 Å². The number of amides is 1. The lowest BCUT2D eigenvalue weighted by Gasteiger charge is -2.20. The normalized spacial score (nSPS) is 18.2. The van der Waals surface area contributed by atoms with E-state index in [9.17, 15) is 4.79 Å². The van der Waals surface area contributed by atoms with Gasteiger partial charge in [0.05, 0.1) is 30.2 Å². The number of carbonyl (C=O) groups is 1. The van der Waals surface area contributed by atoms with Crippen LogP contribution in [-0.2, 0) is 17.6 Å². The summed E-state index contributed by atoms with van der Waals surface area (Å²) in [7, 11) is 0. The SMILES string of the molecule is Cc1noc(C)c1CC(=O)N1CCCC(Cc2cnc(N)cn2)CC1. The second kappa shape index (κ2) is 7.63. The second-order valence-electron chi connectivity index (χ2n) is 6.79. The molecule has 3 heterocycles. The van der Waals surface area contributed by atoms with Gasteiger partial charge in [0.15, 0.2) is 0 Å². The molecule has 2 N–H and O–H groups in total. The Morgan fingerprint density at radius 3 is 2.80 bits per heavy atom. The number of aryl methyl sites for hydroxylation is 2. The fourth-order valence-electron chi connectivity index (χ4n) is 3.40. The average Bonchev–Trinajstić information content (AvgIpc) is 2.79. The van der Waals surface area contributed by atoms with Crippen molar-refractivity contribution in [3.8, 4) is 0 Å². The van der Waals surface area contributed by atoms with Crippen molar-refractivity contribution >= 4 is 11.7 Å². The molecular formula is C18H25N5O2. The van der Waals surface area contributed by atoms with E-state index in [1.165, 1.54) is 0 Å². The lowest BCUT2D eigenvalue weighted by Crippen LogP contribution is -2.33. The van der Waals surface area contributed by atoms with Crippen molar-refractivity contribution in [2.24, 2.45) is 5.92 Å². The first-order valence-corrected chi connectivity index (χ1v) is 8.79. The van der Waals surface area contributed by atoms with E-state index in [0.29, 0.717) is 18.2 Å². The van der Waals surface area contributed by atoms with Gasteiger partial charge in [-0.25, -0.2) is 4.98 Å². The standard InChI is InChI=1S/C18H25N5O2/c1-12-16(13(2)25-22-12)9-18(24)23-6-3-4-14(5-7-23)8-15-10-21-17(19)11-20-15/h10-11,14H,3-9H2,1-2H3,(H2,19,21). The molecule has 1 aliphatic rings. The molecular weight excluding hydrogens is 318 g/mol. The van der Waals surface area contributed by atoms with Crippen molar-refractivity contribution in [2.45, 2.75) is 46.0 Å². The van der Waals surface area contributed by atoms with Crippen LogP contribution in [0.15, 0.2) is 16.9 Å². The Kier molecular flexibility index (Phi) is 5.31. The van der Waals surface area contributed by atoms with Crippen LogP contribution < -0.4 is 5.73 Å². The van der Waals surface area contributed by atoms with Crippen molar-refractivity contribution in [3.63, 3.8) is 0 Å². The van der Waals surface area contributed by atoms with Gasteiger partial charge in [-0.2, -0.15) is 0 Å². The first-order valence-electron chi connectivity index (χ1n) is 8.79. The number of rotatable bonds is 4. The minimum absolute atomic E-state index is 0.155. The van der Waals surface area contributed by atoms with E-state index in [4.69, 9.17) is 10.3 Å². The molecule has 1 amide bonds. The first-order chi connectivity index (χ1) is 12.0. The van der Waals surface area contributed by atoms with Crippen LogP contribution in [-0.4, -0.2) is 39.0 Å². The molecule has 0 spiro atoms. The quantitative estimate of drug-likeness (QED) is 0.912. The lowest BCUT2D eigenvalue weighted by molar-refractivity contribution is -0.130. The van der Waals surface area contributed by atoms with Crippen LogP contribution in [0.2, 0.25) is 0 Å². The molecule has 7 heteroatoms. The highest BCUT2D eigenvalue weighted by atomic mass is 16.5. The highest BCUT2D eigenvalue weighted by Gasteiger charge is 2.23. The van der Waals surface area contributed by atoms with E-state index < -0.39 is 0 Å². The number of carbonyl (C=O) groups excluding carboxylic acids is 1. The molecule has 1 saturated heterocycles. The van der Waals surface area contributed by atoms with E-state index in [2.05, 4.69) is 15.1 Å². The van der Waals surface area contributed by atoms with Gasteiger partial charge in [-0.15, -0.1) is 0 Å². The minimum atomic E-state index is 0.155. The van der Waals surface area contributed by atoms with Crippen LogP contribution in [0.1, 0.15) is 42.0 Å². The summed E-state index contributed by atoms with van der Waals surface area (Å²) >= 11 is 0. The summed E-state index contributed by atoms with van der Waals surface area (Å²) in [4.78, 5) is 23.1. The van der Waals surface area contributed by atoms with Gasteiger partial charge < -0.3 is 15.2 Å². The van der Waals surface area contributed by atoms with Gasteiger partial charge in [-0.1, -0.05) is 5.16 Å². The summed E-state index contributed by atoms with van der Waals surface area (Å²) < 4.78 is 5.16. The van der Waals surface area contributed by atoms with E-state index in [0.717, 1.165) is 61.5 Å². The molecule has 1 atom stereocenters. The van der Waals surface area contributed by atoms with Crippen molar-refractivity contribution in [3.05, 3.63) is 35.1 Å². The lowest BCUT2D eigenvalue weighted by atomic mass is 9.95. The van der Waals surface area contributed by atoms with Gasteiger partial charge in [0.25, 0.3) is 0 Å².